The van der Waals surface area contributed by atoms with Gasteiger partial charge in [0.2, 0.25) is 0 Å². The number of nitrogens with zero attached hydrogens (tertiary/aromatic N) is 4. The van der Waals surface area contributed by atoms with Gasteiger partial charge in [-0.25, -0.2) is 4.85 Å². The van der Waals surface area contributed by atoms with Crippen molar-refractivity contribution < 1.29 is 0 Å². The van der Waals surface area contributed by atoms with Crippen molar-refractivity contribution in [3.8, 4) is 6.07 Å². The minimum atomic E-state index is -0.167. The lowest BCUT2D eigenvalue weighted by Crippen LogP contribution is -2.17. The fraction of sp³-hybridized carbons (Fsp3) is 0.133. The molecule has 4 nitrogen and oxygen atoms in total. The van der Waals surface area contributed by atoms with E-state index in [-0.39, 0.29) is 10.8 Å². The first-order chi connectivity index (χ1) is 31.9. The Bertz CT molecular complexity index is 3590. The van der Waals surface area contributed by atoms with Crippen molar-refractivity contribution in [2.75, 3.05) is 9.80 Å². The zero-order valence-corrected chi connectivity index (χ0v) is 39.4. The molecule has 66 heavy (non-hydrogen) atoms. The highest BCUT2D eigenvalue weighted by Gasteiger charge is 2.30. The summed E-state index contributed by atoms with van der Waals surface area (Å²) in [6.45, 7) is 21.9. The molecule has 0 N–H and O–H groups in total. The van der Waals surface area contributed by atoms with Gasteiger partial charge in [-0.2, -0.15) is 5.26 Å². The standard InChI is InChI=1S/C60H46N4S2/c1-59(2,3)38-29-31-46-49(33-38)55(63(41-18-12-16-37(32-41)36-61)51-24-14-22-47-43-20-8-10-26-53(43)65-57(47)51)45-30-28-39(60(4,5)6)34-50(45)56(46)64(42-19-13-17-40(35-42)62-7)52-25-15-23-48-44-21-9-11-27-54(44)66-58(48)52/h8-35H,1-6H3. The van der Waals surface area contributed by atoms with Crippen LogP contribution in [0.2, 0.25) is 0 Å². The van der Waals surface area contributed by atoms with Crippen LogP contribution in [-0.4, -0.2) is 0 Å². The molecule has 2 heterocycles. The molecule has 0 unspecified atom stereocenters. The number of nitriles is 1. The second kappa shape index (κ2) is 15.6. The van der Waals surface area contributed by atoms with Gasteiger partial charge in [-0.1, -0.05) is 145 Å². The lowest BCUT2D eigenvalue weighted by atomic mass is 9.82. The molecule has 0 radical (unpaired) electrons. The van der Waals surface area contributed by atoms with Gasteiger partial charge in [0.05, 0.1) is 50.4 Å². The molecular weight excluding hydrogens is 841 g/mol. The topological polar surface area (TPSA) is 34.6 Å². The summed E-state index contributed by atoms with van der Waals surface area (Å²) >= 11 is 3.62. The maximum Gasteiger partial charge on any atom is 0.189 e. The average Bonchev–Trinajstić information content (AvgIpc) is 3.91. The molecule has 11 rings (SSSR count). The third-order valence-electron chi connectivity index (χ3n) is 12.9. The zero-order chi connectivity index (χ0) is 45.5. The summed E-state index contributed by atoms with van der Waals surface area (Å²) in [6.07, 6.45) is 0. The molecular formula is C60H46N4S2. The van der Waals surface area contributed by atoms with E-state index >= 15 is 0 Å². The van der Waals surface area contributed by atoms with Crippen molar-refractivity contribution in [3.05, 3.63) is 198 Å². The predicted octanol–water partition coefficient (Wildman–Crippen LogP) is 18.7. The third kappa shape index (κ3) is 6.76. The summed E-state index contributed by atoms with van der Waals surface area (Å²) in [6, 6.07) is 63.3. The Balaban J connectivity index is 1.36. The van der Waals surface area contributed by atoms with Gasteiger partial charge in [-0.15, -0.1) is 22.7 Å². The second-order valence-corrected chi connectivity index (χ2v) is 21.3. The van der Waals surface area contributed by atoms with Crippen molar-refractivity contribution in [3.63, 3.8) is 0 Å². The quantitative estimate of drug-likeness (QED) is 0.0948. The Morgan fingerprint density at radius 3 is 1.39 bits per heavy atom. The largest absolute Gasteiger partial charge is 0.309 e. The molecule has 11 aromatic rings. The molecule has 0 amide bonds. The summed E-state index contributed by atoms with van der Waals surface area (Å²) < 4.78 is 4.82. The van der Waals surface area contributed by atoms with Crippen LogP contribution in [0.3, 0.4) is 0 Å². The number of hydrogen-bond donors (Lipinski definition) is 0. The normalized spacial score (nSPS) is 12.1. The van der Waals surface area contributed by atoms with Crippen LogP contribution in [0.15, 0.2) is 170 Å². The average molecular weight is 887 g/mol. The lowest BCUT2D eigenvalue weighted by Gasteiger charge is -2.34. The van der Waals surface area contributed by atoms with Crippen LogP contribution in [0.1, 0.15) is 58.2 Å². The van der Waals surface area contributed by atoms with Gasteiger partial charge in [0.15, 0.2) is 5.69 Å². The van der Waals surface area contributed by atoms with Gasteiger partial charge in [-0.3, -0.25) is 0 Å². The van der Waals surface area contributed by atoms with Gasteiger partial charge in [-0.05, 0) is 88.7 Å². The van der Waals surface area contributed by atoms with Crippen molar-refractivity contribution in [2.45, 2.75) is 52.4 Å². The summed E-state index contributed by atoms with van der Waals surface area (Å²) in [5.74, 6) is 0. The molecule has 6 heteroatoms. The van der Waals surface area contributed by atoms with E-state index in [1.54, 1.807) is 0 Å². The minimum Gasteiger partial charge on any atom is -0.309 e. The SMILES string of the molecule is [C-]#[N+]c1cccc(N(c2c3ccc(C(C)(C)C)cc3c(N(c3cccc(C#N)c3)c3cccc4c3sc3ccccc34)c3ccc(C(C)(C)C)cc23)c2cccc3c2sc2ccccc23)c1. The first-order valence-electron chi connectivity index (χ1n) is 22.3. The highest BCUT2D eigenvalue weighted by molar-refractivity contribution is 7.26. The van der Waals surface area contributed by atoms with Gasteiger partial charge in [0.1, 0.15) is 0 Å². The molecule has 0 spiro atoms. The molecule has 0 fully saturated rings. The molecule has 0 saturated carbocycles. The third-order valence-corrected chi connectivity index (χ3v) is 15.4. The molecule has 318 valence electrons. The highest BCUT2D eigenvalue weighted by Crippen LogP contribution is 2.55. The minimum absolute atomic E-state index is 0.166. The number of hydrogen-bond acceptors (Lipinski definition) is 5. The van der Waals surface area contributed by atoms with E-state index in [9.17, 15) is 5.26 Å². The molecule has 0 atom stereocenters. The van der Waals surface area contributed by atoms with Crippen molar-refractivity contribution in [1.29, 1.82) is 5.26 Å². The van der Waals surface area contributed by atoms with Crippen LogP contribution in [0.5, 0.6) is 0 Å². The van der Waals surface area contributed by atoms with Crippen LogP contribution < -0.4 is 9.80 Å². The van der Waals surface area contributed by atoms with Gasteiger partial charge < -0.3 is 9.80 Å². The van der Waals surface area contributed by atoms with E-state index in [0.29, 0.717) is 11.3 Å². The number of anilines is 6. The van der Waals surface area contributed by atoms with Crippen molar-refractivity contribution >= 4 is 124 Å². The maximum absolute atomic E-state index is 10.4. The fourth-order valence-corrected chi connectivity index (χ4v) is 12.0. The van der Waals surface area contributed by atoms with E-state index in [2.05, 4.69) is 196 Å². The zero-order valence-electron chi connectivity index (χ0n) is 37.8. The Kier molecular flexibility index (Phi) is 9.75. The molecule has 0 aliphatic rings. The van der Waals surface area contributed by atoms with E-state index in [1.807, 2.05) is 59.1 Å². The van der Waals surface area contributed by atoms with Gasteiger partial charge >= 0.3 is 0 Å². The molecule has 0 aliphatic carbocycles. The maximum atomic E-state index is 10.4. The first-order valence-corrected chi connectivity index (χ1v) is 24.0. The molecule has 9 aromatic carbocycles. The molecule has 0 saturated heterocycles. The Hall–Kier alpha value is -7.48. The Morgan fingerprint density at radius 2 is 0.909 bits per heavy atom. The van der Waals surface area contributed by atoms with Crippen LogP contribution in [0.4, 0.5) is 39.8 Å². The molecule has 2 aromatic heterocycles. The fourth-order valence-electron chi connectivity index (χ4n) is 9.61. The van der Waals surface area contributed by atoms with Gasteiger partial charge in [0.25, 0.3) is 0 Å². The Labute approximate surface area is 393 Å². The summed E-state index contributed by atoms with van der Waals surface area (Å²) in [7, 11) is 0. The monoisotopic (exact) mass is 886 g/mol. The van der Waals surface area contributed by atoms with E-state index in [4.69, 9.17) is 6.57 Å². The molecule has 0 bridgehead atoms. The molecule has 0 aliphatic heterocycles. The lowest BCUT2D eigenvalue weighted by molar-refractivity contribution is 0.590. The van der Waals surface area contributed by atoms with Crippen LogP contribution in [0.25, 0.3) is 66.7 Å². The van der Waals surface area contributed by atoms with E-state index in [0.717, 1.165) is 55.7 Å². The summed E-state index contributed by atoms with van der Waals surface area (Å²) in [5, 5.41) is 19.6. The smallest absolute Gasteiger partial charge is 0.189 e. The summed E-state index contributed by atoms with van der Waals surface area (Å²) in [4.78, 5) is 8.82. The number of rotatable bonds is 6. The van der Waals surface area contributed by atoms with Crippen molar-refractivity contribution in [1.82, 2.24) is 0 Å². The van der Waals surface area contributed by atoms with E-state index in [1.165, 1.54) is 51.5 Å². The Morgan fingerprint density at radius 1 is 0.455 bits per heavy atom. The van der Waals surface area contributed by atoms with Crippen LogP contribution >= 0.6 is 22.7 Å². The van der Waals surface area contributed by atoms with Crippen LogP contribution in [-0.2, 0) is 10.8 Å². The first kappa shape index (κ1) is 41.2. The number of thiophene rings is 2. The number of benzene rings is 9. The number of fused-ring (bicyclic) bond motifs is 8. The van der Waals surface area contributed by atoms with Gasteiger partial charge in [0, 0.05) is 63.9 Å². The van der Waals surface area contributed by atoms with Crippen molar-refractivity contribution in [2.24, 2.45) is 0 Å². The van der Waals surface area contributed by atoms with Crippen LogP contribution in [0, 0.1) is 17.9 Å². The highest BCUT2D eigenvalue weighted by atomic mass is 32.1. The van der Waals surface area contributed by atoms with E-state index < -0.39 is 0 Å². The predicted molar refractivity (Wildman–Crippen MR) is 285 cm³/mol. The second-order valence-electron chi connectivity index (χ2n) is 19.2. The summed E-state index contributed by atoms with van der Waals surface area (Å²) in [5.41, 5.74) is 9.30.